The summed E-state index contributed by atoms with van der Waals surface area (Å²) in [6.07, 6.45) is 39.8. The van der Waals surface area contributed by atoms with Crippen molar-refractivity contribution in [2.45, 2.75) is 194 Å². The molecule has 1 N–H and O–H groups in total. The molecule has 0 radical (unpaired) electrons. The molecule has 0 aromatic heterocycles. The molecule has 1 nitrogen and oxygen atoms in total. The van der Waals surface area contributed by atoms with E-state index in [0.29, 0.717) is 0 Å². The minimum atomic E-state index is -1.22. The van der Waals surface area contributed by atoms with Crippen molar-refractivity contribution in [3.8, 4) is 0 Å². The van der Waals surface area contributed by atoms with Crippen molar-refractivity contribution in [2.24, 2.45) is 0 Å². The van der Waals surface area contributed by atoms with E-state index in [2.05, 4.69) is 142 Å². The second-order valence-corrected chi connectivity index (χ2v) is 18.2. The van der Waals surface area contributed by atoms with E-state index in [0.717, 1.165) is 0 Å². The molecular formula is C57H90BN. The van der Waals surface area contributed by atoms with Crippen LogP contribution in [0.5, 0.6) is 0 Å². The van der Waals surface area contributed by atoms with Crippen molar-refractivity contribution in [2.75, 3.05) is 20.1 Å². The molecular weight excluding hydrogens is 709 g/mol. The highest BCUT2D eigenvalue weighted by Crippen LogP contribution is 2.15. The minimum Gasteiger partial charge on any atom is -0.337 e. The first-order valence-electron chi connectivity index (χ1n) is 25.4. The Labute approximate surface area is 366 Å². The molecule has 2 heteroatoms. The Morgan fingerprint density at radius 1 is 0.271 bits per heavy atom. The zero-order valence-corrected chi connectivity index (χ0v) is 38.8. The average molecular weight is 800 g/mol. The summed E-state index contributed by atoms with van der Waals surface area (Å²) in [7, 11) is 2.42. The smallest absolute Gasteiger partial charge is 0.108 e. The summed E-state index contributed by atoms with van der Waals surface area (Å²) >= 11 is 0. The lowest BCUT2D eigenvalue weighted by molar-refractivity contribution is -0.880. The van der Waals surface area contributed by atoms with Crippen LogP contribution in [0.2, 0.25) is 0 Å². The van der Waals surface area contributed by atoms with Gasteiger partial charge in [0.1, 0.15) is 6.15 Å². The Kier molecular flexibility index (Phi) is 29.5. The summed E-state index contributed by atoms with van der Waals surface area (Å²) in [5.74, 6) is 0. The third kappa shape index (κ3) is 21.3. The first-order valence-corrected chi connectivity index (χ1v) is 25.4. The monoisotopic (exact) mass is 800 g/mol. The summed E-state index contributed by atoms with van der Waals surface area (Å²) in [6, 6.07) is 43.5. The molecule has 0 aliphatic rings. The van der Waals surface area contributed by atoms with Crippen LogP contribution in [0.1, 0.15) is 194 Å². The van der Waals surface area contributed by atoms with Crippen molar-refractivity contribution in [1.82, 2.24) is 0 Å². The van der Waals surface area contributed by atoms with Crippen molar-refractivity contribution in [3.05, 3.63) is 121 Å². The number of nitrogens with one attached hydrogen (secondary N) is 1. The van der Waals surface area contributed by atoms with Gasteiger partial charge in [0.2, 0.25) is 0 Å². The predicted molar refractivity (Wildman–Crippen MR) is 267 cm³/mol. The van der Waals surface area contributed by atoms with E-state index >= 15 is 0 Å². The number of hydrogen-bond donors (Lipinski definition) is 1. The largest absolute Gasteiger partial charge is 0.337 e. The fourth-order valence-electron chi connectivity index (χ4n) is 9.49. The molecule has 0 saturated heterocycles. The van der Waals surface area contributed by atoms with Crippen LogP contribution in [0.15, 0.2) is 121 Å². The maximum atomic E-state index is 2.42. The number of benzene rings is 4. The highest BCUT2D eigenvalue weighted by Gasteiger charge is 2.31. The van der Waals surface area contributed by atoms with Crippen LogP contribution < -0.4 is 26.8 Å². The van der Waals surface area contributed by atoms with Gasteiger partial charge in [0.05, 0.1) is 20.1 Å². The summed E-state index contributed by atoms with van der Waals surface area (Å²) in [5.41, 5.74) is 5.36. The zero-order chi connectivity index (χ0) is 41.7. The van der Waals surface area contributed by atoms with Crippen LogP contribution in [-0.2, 0) is 0 Å². The van der Waals surface area contributed by atoms with Gasteiger partial charge in [-0.25, -0.2) is 0 Å². The SMILES string of the molecule is CCCCCCCCCCCCCCCCCC[NH+](C)CCCCCCCCCCCCCC.c1ccc([B-](c2ccccc2)(c2ccccc2)c2ccccc2)cc1. The van der Waals surface area contributed by atoms with E-state index in [1.807, 2.05) is 0 Å². The molecule has 1 unspecified atom stereocenters. The molecule has 0 amide bonds. The van der Waals surface area contributed by atoms with Crippen molar-refractivity contribution in [3.63, 3.8) is 0 Å². The van der Waals surface area contributed by atoms with Gasteiger partial charge in [0, 0.05) is 0 Å². The molecule has 0 saturated carbocycles. The first-order chi connectivity index (χ1) is 29.2. The fraction of sp³-hybridized carbons (Fsp3) is 0.579. The average Bonchev–Trinajstić information content (AvgIpc) is 3.28. The first kappa shape index (κ1) is 50.3. The molecule has 1 atom stereocenters. The van der Waals surface area contributed by atoms with Crippen molar-refractivity contribution < 1.29 is 4.90 Å². The molecule has 326 valence electrons. The molecule has 0 bridgehead atoms. The Hall–Kier alpha value is -3.10. The predicted octanol–water partition coefficient (Wildman–Crippen LogP) is 13.5. The van der Waals surface area contributed by atoms with Gasteiger partial charge in [0.25, 0.3) is 0 Å². The molecule has 4 rings (SSSR count). The van der Waals surface area contributed by atoms with Crippen LogP contribution in [0.4, 0.5) is 0 Å². The Bertz CT molecular complexity index is 1290. The molecule has 0 aliphatic carbocycles. The van der Waals surface area contributed by atoms with Crippen LogP contribution in [0.25, 0.3) is 0 Å². The van der Waals surface area contributed by atoms with E-state index in [4.69, 9.17) is 0 Å². The Morgan fingerprint density at radius 3 is 0.661 bits per heavy atom. The van der Waals surface area contributed by atoms with Gasteiger partial charge in [-0.15, -0.1) is 0 Å². The quantitative estimate of drug-likeness (QED) is 0.0355. The Balaban J connectivity index is 0.000000327. The highest BCUT2D eigenvalue weighted by atomic mass is 15.1. The molecule has 59 heavy (non-hydrogen) atoms. The third-order valence-electron chi connectivity index (χ3n) is 13.1. The van der Waals surface area contributed by atoms with Gasteiger partial charge in [-0.05, 0) is 25.7 Å². The molecule has 4 aromatic carbocycles. The second-order valence-electron chi connectivity index (χ2n) is 18.2. The van der Waals surface area contributed by atoms with Gasteiger partial charge in [0.15, 0.2) is 0 Å². The van der Waals surface area contributed by atoms with Gasteiger partial charge in [-0.3, -0.25) is 0 Å². The molecule has 0 aliphatic heterocycles. The lowest BCUT2D eigenvalue weighted by atomic mass is 9.13. The summed E-state index contributed by atoms with van der Waals surface area (Å²) in [5, 5.41) is 0. The Morgan fingerprint density at radius 2 is 0.458 bits per heavy atom. The topological polar surface area (TPSA) is 4.44 Å². The lowest BCUT2D eigenvalue weighted by Gasteiger charge is -2.44. The summed E-state index contributed by atoms with van der Waals surface area (Å²) in [4.78, 5) is 1.78. The van der Waals surface area contributed by atoms with E-state index in [1.54, 1.807) is 4.90 Å². The van der Waals surface area contributed by atoms with E-state index in [9.17, 15) is 0 Å². The van der Waals surface area contributed by atoms with Crippen LogP contribution >= 0.6 is 0 Å². The second kappa shape index (κ2) is 34.6. The molecule has 4 aromatic rings. The van der Waals surface area contributed by atoms with Gasteiger partial charge in [-0.1, -0.05) is 289 Å². The molecule has 0 fully saturated rings. The maximum absolute atomic E-state index is 2.42. The number of unbranched alkanes of at least 4 members (excludes halogenated alkanes) is 26. The van der Waals surface area contributed by atoms with Crippen LogP contribution in [0.3, 0.4) is 0 Å². The van der Waals surface area contributed by atoms with Crippen molar-refractivity contribution in [1.29, 1.82) is 0 Å². The van der Waals surface area contributed by atoms with Crippen molar-refractivity contribution >= 4 is 28.0 Å². The van der Waals surface area contributed by atoms with Gasteiger partial charge < -0.3 is 4.90 Å². The van der Waals surface area contributed by atoms with Crippen LogP contribution in [-0.4, -0.2) is 26.3 Å². The van der Waals surface area contributed by atoms with Gasteiger partial charge >= 0.3 is 0 Å². The number of rotatable bonds is 34. The van der Waals surface area contributed by atoms with E-state index in [1.165, 1.54) is 215 Å². The van der Waals surface area contributed by atoms with E-state index in [-0.39, 0.29) is 0 Å². The molecule has 0 spiro atoms. The number of quaternary nitrogens is 1. The number of hydrogen-bond acceptors (Lipinski definition) is 0. The highest BCUT2D eigenvalue weighted by molar-refractivity contribution is 7.19. The fourth-order valence-corrected chi connectivity index (χ4v) is 9.49. The lowest BCUT2D eigenvalue weighted by Crippen LogP contribution is -3.09. The summed E-state index contributed by atoms with van der Waals surface area (Å²) in [6.45, 7) is 7.41. The minimum absolute atomic E-state index is 1.22. The maximum Gasteiger partial charge on any atom is 0.108 e. The third-order valence-corrected chi connectivity index (χ3v) is 13.1. The van der Waals surface area contributed by atoms with E-state index < -0.39 is 6.15 Å². The molecule has 0 heterocycles. The van der Waals surface area contributed by atoms with Gasteiger partial charge in [-0.2, -0.15) is 21.9 Å². The standard InChI is InChI=1S/C33H69N.C24H20B/c1-4-6-8-10-12-14-16-18-19-20-21-23-25-27-29-31-33-34(3)32-30-28-26-24-22-17-15-13-11-9-7-5-2;1-5-13-21(14-6-1)25(22-15-7-2-8-16-22,23-17-9-3-10-18-23)24-19-11-4-12-20-24/h4-33H2,1-3H3;1-20H/q;-1/p+1. The summed E-state index contributed by atoms with van der Waals surface area (Å²) < 4.78 is 0. The van der Waals surface area contributed by atoms with Crippen LogP contribution in [0, 0.1) is 0 Å². The zero-order valence-electron chi connectivity index (χ0n) is 38.8. The normalized spacial score (nSPS) is 11.9.